The summed E-state index contributed by atoms with van der Waals surface area (Å²) in [5.41, 5.74) is -0.324. The van der Waals surface area contributed by atoms with Gasteiger partial charge in [0.25, 0.3) is 0 Å². The zero-order valence-corrected chi connectivity index (χ0v) is 14.3. The predicted molar refractivity (Wildman–Crippen MR) is 87.3 cm³/mol. The number of hydrogen-bond donors (Lipinski definition) is 1. The Morgan fingerprint density at radius 2 is 1.77 bits per heavy atom. The molecular formula is C18H22F3NO4. The number of ether oxygens (including phenoxy) is 1. The van der Waals surface area contributed by atoms with Gasteiger partial charge in [0.1, 0.15) is 6.54 Å². The van der Waals surface area contributed by atoms with Crippen molar-refractivity contribution in [3.63, 3.8) is 0 Å². The van der Waals surface area contributed by atoms with E-state index in [2.05, 4.69) is 0 Å². The lowest BCUT2D eigenvalue weighted by Crippen LogP contribution is -2.35. The smallest absolute Gasteiger partial charge is 0.416 e. The summed E-state index contributed by atoms with van der Waals surface area (Å²) in [6, 6.07) is 4.40. The van der Waals surface area contributed by atoms with Gasteiger partial charge in [-0.15, -0.1) is 0 Å². The number of carbonyl (C=O) groups excluding carboxylic acids is 1. The largest absolute Gasteiger partial charge is 0.480 e. The number of rotatable bonds is 7. The van der Waals surface area contributed by atoms with E-state index in [4.69, 9.17) is 9.84 Å². The molecule has 0 saturated carbocycles. The Kier molecular flexibility index (Phi) is 7.02. The van der Waals surface area contributed by atoms with Gasteiger partial charge in [-0.2, -0.15) is 13.2 Å². The van der Waals surface area contributed by atoms with Gasteiger partial charge in [-0.05, 0) is 42.9 Å². The number of nitrogens with zero attached hydrogens (tertiary/aromatic N) is 1. The summed E-state index contributed by atoms with van der Waals surface area (Å²) in [5, 5.41) is 9.02. The van der Waals surface area contributed by atoms with Gasteiger partial charge >= 0.3 is 12.1 Å². The van der Waals surface area contributed by atoms with Gasteiger partial charge < -0.3 is 14.7 Å². The molecule has 144 valence electrons. The number of hydrogen-bond acceptors (Lipinski definition) is 3. The normalized spacial score (nSPS) is 15.7. The lowest BCUT2D eigenvalue weighted by Gasteiger charge is -2.24. The van der Waals surface area contributed by atoms with Crippen LogP contribution in [0.3, 0.4) is 0 Å². The quantitative estimate of drug-likeness (QED) is 0.796. The predicted octanol–water partition coefficient (Wildman–Crippen LogP) is 3.33. The van der Waals surface area contributed by atoms with Crippen molar-refractivity contribution in [2.75, 3.05) is 19.8 Å². The number of aliphatic carboxylic acids is 1. The van der Waals surface area contributed by atoms with Crippen molar-refractivity contribution >= 4 is 11.9 Å². The first kappa shape index (κ1) is 20.2. The van der Waals surface area contributed by atoms with Crippen molar-refractivity contribution in [3.05, 3.63) is 35.4 Å². The lowest BCUT2D eigenvalue weighted by molar-refractivity contribution is -0.145. The van der Waals surface area contributed by atoms with Crippen LogP contribution in [-0.4, -0.2) is 41.6 Å². The highest BCUT2D eigenvalue weighted by molar-refractivity contribution is 5.81. The van der Waals surface area contributed by atoms with Crippen LogP contribution in [0.2, 0.25) is 0 Å². The van der Waals surface area contributed by atoms with Gasteiger partial charge in [0.15, 0.2) is 0 Å². The van der Waals surface area contributed by atoms with Crippen LogP contribution in [0.4, 0.5) is 13.2 Å². The second-order valence-electron chi connectivity index (χ2n) is 6.43. The van der Waals surface area contributed by atoms with Crippen molar-refractivity contribution in [1.29, 1.82) is 0 Å². The van der Waals surface area contributed by atoms with Crippen molar-refractivity contribution < 1.29 is 32.6 Å². The Morgan fingerprint density at radius 3 is 2.31 bits per heavy atom. The molecule has 1 heterocycles. The number of benzene rings is 1. The fourth-order valence-corrected chi connectivity index (χ4v) is 2.94. The first-order chi connectivity index (χ1) is 12.3. The Hall–Kier alpha value is -2.09. The molecule has 1 fully saturated rings. The van der Waals surface area contributed by atoms with Gasteiger partial charge in [-0.1, -0.05) is 12.1 Å². The van der Waals surface area contributed by atoms with Crippen LogP contribution >= 0.6 is 0 Å². The van der Waals surface area contributed by atoms with E-state index in [0.29, 0.717) is 31.1 Å². The van der Waals surface area contributed by atoms with Gasteiger partial charge in [0, 0.05) is 26.2 Å². The highest BCUT2D eigenvalue weighted by Crippen LogP contribution is 2.29. The average Bonchev–Trinajstić information content (AvgIpc) is 2.59. The summed E-state index contributed by atoms with van der Waals surface area (Å²) in [4.78, 5) is 24.6. The molecule has 5 nitrogen and oxygen atoms in total. The number of amides is 1. The third-order valence-electron chi connectivity index (χ3n) is 4.44. The maximum Gasteiger partial charge on any atom is 0.416 e. The standard InChI is InChI=1S/C18H22F3NO4/c19-18(20,21)15-4-1-14(2-5-15)11-22(12-17(24)25)16(23)6-3-13-7-9-26-10-8-13/h1-2,4-5,13H,3,6-12H2,(H,24,25). The number of alkyl halides is 3. The van der Waals surface area contributed by atoms with E-state index in [0.717, 1.165) is 25.0 Å². The molecule has 1 aliphatic rings. The number of carboxylic acids is 1. The molecule has 1 N–H and O–H groups in total. The fraction of sp³-hybridized carbons (Fsp3) is 0.556. The topological polar surface area (TPSA) is 66.8 Å². The van der Waals surface area contributed by atoms with Crippen LogP contribution in [-0.2, 0) is 27.0 Å². The molecule has 1 amide bonds. The van der Waals surface area contributed by atoms with Gasteiger partial charge in [0.05, 0.1) is 5.56 Å². The van der Waals surface area contributed by atoms with Crippen LogP contribution in [0, 0.1) is 5.92 Å². The maximum absolute atomic E-state index is 12.6. The molecular weight excluding hydrogens is 351 g/mol. The van der Waals surface area contributed by atoms with Crippen LogP contribution in [0.25, 0.3) is 0 Å². The monoisotopic (exact) mass is 373 g/mol. The average molecular weight is 373 g/mol. The minimum Gasteiger partial charge on any atom is -0.480 e. The molecule has 1 aromatic carbocycles. The molecule has 0 aromatic heterocycles. The molecule has 2 rings (SSSR count). The highest BCUT2D eigenvalue weighted by Gasteiger charge is 2.30. The molecule has 0 aliphatic carbocycles. The van der Waals surface area contributed by atoms with Gasteiger partial charge in [0.2, 0.25) is 5.91 Å². The van der Waals surface area contributed by atoms with Crippen LogP contribution in [0.15, 0.2) is 24.3 Å². The van der Waals surface area contributed by atoms with E-state index in [1.807, 2.05) is 0 Å². The van der Waals surface area contributed by atoms with E-state index in [1.165, 1.54) is 17.0 Å². The van der Waals surface area contributed by atoms with Gasteiger partial charge in [-0.3, -0.25) is 9.59 Å². The lowest BCUT2D eigenvalue weighted by atomic mass is 9.94. The molecule has 26 heavy (non-hydrogen) atoms. The molecule has 1 saturated heterocycles. The third kappa shape index (κ3) is 6.33. The number of halogens is 3. The summed E-state index contributed by atoms with van der Waals surface area (Å²) in [5.74, 6) is -1.08. The Bertz CT molecular complexity index is 610. The summed E-state index contributed by atoms with van der Waals surface area (Å²) >= 11 is 0. The first-order valence-corrected chi connectivity index (χ1v) is 8.49. The van der Waals surface area contributed by atoms with E-state index in [9.17, 15) is 22.8 Å². The van der Waals surface area contributed by atoms with E-state index in [1.54, 1.807) is 0 Å². The fourth-order valence-electron chi connectivity index (χ4n) is 2.94. The molecule has 8 heteroatoms. The number of carbonyl (C=O) groups is 2. The molecule has 0 unspecified atom stereocenters. The second kappa shape index (κ2) is 9.02. The van der Waals surface area contributed by atoms with Crippen molar-refractivity contribution in [2.24, 2.45) is 5.92 Å². The van der Waals surface area contributed by atoms with Crippen LogP contribution < -0.4 is 0 Å². The van der Waals surface area contributed by atoms with Crippen molar-refractivity contribution in [3.8, 4) is 0 Å². The summed E-state index contributed by atoms with van der Waals surface area (Å²) in [7, 11) is 0. The van der Waals surface area contributed by atoms with Gasteiger partial charge in [-0.25, -0.2) is 0 Å². The Balaban J connectivity index is 1.97. The second-order valence-corrected chi connectivity index (χ2v) is 6.43. The minimum atomic E-state index is -4.43. The zero-order chi connectivity index (χ0) is 19.2. The summed E-state index contributed by atoms with van der Waals surface area (Å²) in [6.07, 6.45) is -1.79. The van der Waals surface area contributed by atoms with E-state index >= 15 is 0 Å². The SMILES string of the molecule is O=C(O)CN(Cc1ccc(C(F)(F)F)cc1)C(=O)CCC1CCOCC1. The summed E-state index contributed by atoms with van der Waals surface area (Å²) < 4.78 is 43.1. The molecule has 0 bridgehead atoms. The minimum absolute atomic E-state index is 0.0307. The molecule has 1 aromatic rings. The third-order valence-corrected chi connectivity index (χ3v) is 4.44. The molecule has 1 aliphatic heterocycles. The van der Waals surface area contributed by atoms with Crippen LogP contribution in [0.5, 0.6) is 0 Å². The van der Waals surface area contributed by atoms with E-state index < -0.39 is 24.3 Å². The molecule has 0 radical (unpaired) electrons. The Labute approximate surface area is 149 Å². The number of carboxylic acid groups (broad SMARTS) is 1. The molecule has 0 spiro atoms. The molecule has 0 atom stereocenters. The Morgan fingerprint density at radius 1 is 1.15 bits per heavy atom. The maximum atomic E-state index is 12.6. The van der Waals surface area contributed by atoms with E-state index in [-0.39, 0.29) is 18.9 Å². The van der Waals surface area contributed by atoms with Crippen LogP contribution in [0.1, 0.15) is 36.8 Å². The first-order valence-electron chi connectivity index (χ1n) is 8.49. The summed E-state index contributed by atoms with van der Waals surface area (Å²) in [6.45, 7) is 0.831. The highest BCUT2D eigenvalue weighted by atomic mass is 19.4. The zero-order valence-electron chi connectivity index (χ0n) is 14.3. The van der Waals surface area contributed by atoms with Crippen molar-refractivity contribution in [2.45, 2.75) is 38.4 Å². The van der Waals surface area contributed by atoms with Crippen molar-refractivity contribution in [1.82, 2.24) is 4.90 Å².